The number of halogens is 2. The maximum absolute atomic E-state index is 12.7. The Labute approximate surface area is 160 Å². The molecule has 4 atom stereocenters. The summed E-state index contributed by atoms with van der Waals surface area (Å²) >= 11 is 6.26. The van der Waals surface area contributed by atoms with Crippen LogP contribution in [0, 0.1) is 23.7 Å². The second-order valence-corrected chi connectivity index (χ2v) is 8.18. The number of amides is 2. The Hall–Kier alpha value is -1.67. The van der Waals surface area contributed by atoms with E-state index >= 15 is 0 Å². The molecule has 5 rings (SSSR count). The van der Waals surface area contributed by atoms with Crippen LogP contribution in [-0.2, 0) is 9.59 Å². The molecule has 1 saturated carbocycles. The summed E-state index contributed by atoms with van der Waals surface area (Å²) in [6.45, 7) is 0. The van der Waals surface area contributed by atoms with Gasteiger partial charge in [-0.3, -0.25) is 9.59 Å². The van der Waals surface area contributed by atoms with Gasteiger partial charge >= 0.3 is 0 Å². The number of hydrogen-bond acceptors (Lipinski definition) is 5. The van der Waals surface area contributed by atoms with Crippen molar-refractivity contribution in [3.8, 4) is 11.5 Å². The molecule has 1 aromatic carbocycles. The zero-order valence-electron chi connectivity index (χ0n) is 12.9. The number of nitrogens with zero attached hydrogens (tertiary/aromatic N) is 2. The Morgan fingerprint density at radius 1 is 1.04 bits per heavy atom. The van der Waals surface area contributed by atoms with E-state index in [9.17, 15) is 19.8 Å². The lowest BCUT2D eigenvalue weighted by Crippen LogP contribution is -2.38. The highest BCUT2D eigenvalue weighted by molar-refractivity contribution is 9.11. The second-order valence-electron chi connectivity index (χ2n) is 6.53. The molecule has 2 N–H and O–H groups in total. The van der Waals surface area contributed by atoms with Crippen molar-refractivity contribution >= 4 is 49.9 Å². The molecule has 130 valence electrons. The van der Waals surface area contributed by atoms with Crippen molar-refractivity contribution in [2.24, 2.45) is 28.8 Å². The number of hydrazone groups is 1. The van der Waals surface area contributed by atoms with E-state index in [-0.39, 0.29) is 57.0 Å². The Morgan fingerprint density at radius 3 is 2.12 bits per heavy atom. The number of imide groups is 1. The summed E-state index contributed by atoms with van der Waals surface area (Å²) in [6, 6.07) is 1.46. The van der Waals surface area contributed by atoms with Gasteiger partial charge in [0.15, 0.2) is 0 Å². The molecule has 2 amide bonds. The van der Waals surface area contributed by atoms with E-state index in [2.05, 4.69) is 37.0 Å². The van der Waals surface area contributed by atoms with Crippen LogP contribution in [0.4, 0.5) is 0 Å². The zero-order chi connectivity index (χ0) is 17.9. The normalized spacial score (nSPS) is 30.6. The number of carbonyl (C=O) groups is 2. The molecule has 1 aliphatic heterocycles. The maximum atomic E-state index is 12.7. The predicted molar refractivity (Wildman–Crippen MR) is 97.0 cm³/mol. The molecular weight excluding hydrogens is 456 g/mol. The Morgan fingerprint density at radius 2 is 1.60 bits per heavy atom. The highest BCUT2D eigenvalue weighted by atomic mass is 79.9. The molecule has 0 unspecified atom stereocenters. The lowest BCUT2D eigenvalue weighted by Gasteiger charge is -2.37. The van der Waals surface area contributed by atoms with Crippen LogP contribution in [0.3, 0.4) is 0 Å². The van der Waals surface area contributed by atoms with Crippen molar-refractivity contribution in [2.45, 2.75) is 12.8 Å². The highest BCUT2D eigenvalue weighted by Crippen LogP contribution is 2.49. The Kier molecular flexibility index (Phi) is 3.99. The third-order valence-electron chi connectivity index (χ3n) is 5.25. The van der Waals surface area contributed by atoms with E-state index in [0.717, 1.165) is 17.9 Å². The molecule has 3 aliphatic carbocycles. The maximum Gasteiger partial charge on any atom is 0.254 e. The van der Waals surface area contributed by atoms with Gasteiger partial charge in [-0.1, -0.05) is 12.2 Å². The van der Waals surface area contributed by atoms with Gasteiger partial charge in [0, 0.05) is 5.56 Å². The Bertz CT molecular complexity index is 820. The number of benzene rings is 1. The standard InChI is InChI=1S/C17H14Br2N2O4/c18-10-5-9(14(22)13(19)15(10)23)6-20-21-16(24)11-7-1-2-8(4-3-7)12(11)17(21)25/h1-2,5-8,11-12,22-23H,3-4H2/b20-6-/t7-,8-,11-,12+/m0/s1. The first-order valence-electron chi connectivity index (χ1n) is 7.90. The van der Waals surface area contributed by atoms with Crippen LogP contribution in [-0.4, -0.2) is 33.3 Å². The predicted octanol–water partition coefficient (Wildman–Crippen LogP) is 3.15. The van der Waals surface area contributed by atoms with E-state index in [1.54, 1.807) is 0 Å². The number of phenols is 2. The van der Waals surface area contributed by atoms with Crippen molar-refractivity contribution in [1.29, 1.82) is 0 Å². The third-order valence-corrected chi connectivity index (χ3v) is 6.60. The van der Waals surface area contributed by atoms with Crippen LogP contribution in [0.15, 0.2) is 32.3 Å². The molecule has 2 bridgehead atoms. The molecular formula is C17H14Br2N2O4. The minimum Gasteiger partial charge on any atom is -0.506 e. The molecule has 1 heterocycles. The van der Waals surface area contributed by atoms with E-state index in [0.29, 0.717) is 4.47 Å². The second kappa shape index (κ2) is 5.95. The van der Waals surface area contributed by atoms with E-state index in [1.165, 1.54) is 12.3 Å². The van der Waals surface area contributed by atoms with Gasteiger partial charge in [0.05, 0.1) is 22.5 Å². The van der Waals surface area contributed by atoms with E-state index < -0.39 is 0 Å². The van der Waals surface area contributed by atoms with Gasteiger partial charge in [0.1, 0.15) is 16.0 Å². The summed E-state index contributed by atoms with van der Waals surface area (Å²) < 4.78 is 0.465. The first-order chi connectivity index (χ1) is 11.9. The van der Waals surface area contributed by atoms with Gasteiger partial charge in [-0.15, -0.1) is 0 Å². The summed E-state index contributed by atoms with van der Waals surface area (Å²) in [6.07, 6.45) is 7.21. The third kappa shape index (κ3) is 2.45. The number of allylic oxidation sites excluding steroid dienone is 2. The number of aromatic hydroxyl groups is 2. The van der Waals surface area contributed by atoms with Crippen molar-refractivity contribution in [3.05, 3.63) is 32.7 Å². The topological polar surface area (TPSA) is 90.2 Å². The van der Waals surface area contributed by atoms with Crippen LogP contribution >= 0.6 is 31.9 Å². The fourth-order valence-electron chi connectivity index (χ4n) is 4.01. The van der Waals surface area contributed by atoms with Crippen LogP contribution in [0.2, 0.25) is 0 Å². The number of hydrogen-bond donors (Lipinski definition) is 2. The number of phenolic OH excluding ortho intramolecular Hbond substituents is 2. The van der Waals surface area contributed by atoms with Crippen LogP contribution < -0.4 is 0 Å². The molecule has 4 aliphatic rings. The minimum atomic E-state index is -0.319. The van der Waals surface area contributed by atoms with Crippen LogP contribution in [0.1, 0.15) is 18.4 Å². The monoisotopic (exact) mass is 468 g/mol. The Balaban J connectivity index is 1.65. The largest absolute Gasteiger partial charge is 0.506 e. The van der Waals surface area contributed by atoms with Gasteiger partial charge in [0.25, 0.3) is 11.8 Å². The van der Waals surface area contributed by atoms with Crippen molar-refractivity contribution in [1.82, 2.24) is 5.01 Å². The van der Waals surface area contributed by atoms with Crippen molar-refractivity contribution in [3.63, 3.8) is 0 Å². The molecule has 2 fully saturated rings. The SMILES string of the molecule is O=C1[C@@H]2[C@H](C(=O)N1/N=C\c1cc(Br)c(O)c(Br)c1O)[C@H]1C=C[C@H]2CC1. The average Bonchev–Trinajstić information content (AvgIpc) is 2.89. The molecule has 25 heavy (non-hydrogen) atoms. The molecule has 0 radical (unpaired) electrons. The fourth-order valence-corrected chi connectivity index (χ4v) is 5.16. The lowest BCUT2D eigenvalue weighted by molar-refractivity contribution is -0.140. The van der Waals surface area contributed by atoms with Gasteiger partial charge in [0.2, 0.25) is 0 Å². The summed E-state index contributed by atoms with van der Waals surface area (Å²) in [4.78, 5) is 25.3. The smallest absolute Gasteiger partial charge is 0.254 e. The minimum absolute atomic E-state index is 0.108. The zero-order valence-corrected chi connectivity index (χ0v) is 16.1. The molecule has 1 saturated heterocycles. The molecule has 6 nitrogen and oxygen atoms in total. The lowest BCUT2D eigenvalue weighted by atomic mass is 9.63. The fraction of sp³-hybridized carbons (Fsp3) is 0.353. The first-order valence-corrected chi connectivity index (χ1v) is 9.48. The van der Waals surface area contributed by atoms with Crippen LogP contribution in [0.5, 0.6) is 11.5 Å². The summed E-state index contributed by atoms with van der Waals surface area (Å²) in [5.41, 5.74) is 0.271. The molecule has 1 aromatic rings. The van der Waals surface area contributed by atoms with Crippen LogP contribution in [0.25, 0.3) is 0 Å². The average molecular weight is 470 g/mol. The van der Waals surface area contributed by atoms with Gasteiger partial charge in [-0.2, -0.15) is 10.1 Å². The summed E-state index contributed by atoms with van der Waals surface area (Å²) in [5.74, 6) is -1.34. The van der Waals surface area contributed by atoms with Crippen molar-refractivity contribution in [2.75, 3.05) is 0 Å². The van der Waals surface area contributed by atoms with Gasteiger partial charge < -0.3 is 10.2 Å². The van der Waals surface area contributed by atoms with E-state index in [1.807, 2.05) is 12.2 Å². The number of fused-ring (bicyclic) bond motifs is 1. The summed E-state index contributed by atoms with van der Waals surface area (Å²) in [7, 11) is 0. The quantitative estimate of drug-likeness (QED) is 0.395. The first kappa shape index (κ1) is 16.8. The summed E-state index contributed by atoms with van der Waals surface area (Å²) in [5, 5.41) is 24.8. The van der Waals surface area contributed by atoms with Gasteiger partial charge in [-0.25, -0.2) is 0 Å². The molecule has 8 heteroatoms. The van der Waals surface area contributed by atoms with E-state index in [4.69, 9.17) is 0 Å². The molecule has 0 spiro atoms. The number of rotatable bonds is 2. The molecule has 0 aromatic heterocycles. The highest BCUT2D eigenvalue weighted by Gasteiger charge is 2.56. The number of carbonyl (C=O) groups excluding carboxylic acids is 2. The van der Waals surface area contributed by atoms with Crippen molar-refractivity contribution < 1.29 is 19.8 Å². The van der Waals surface area contributed by atoms with Gasteiger partial charge in [-0.05, 0) is 62.6 Å².